The van der Waals surface area contributed by atoms with Crippen molar-refractivity contribution in [3.8, 4) is 0 Å². The second kappa shape index (κ2) is 18.3. The van der Waals surface area contributed by atoms with Crippen molar-refractivity contribution in [1.29, 1.82) is 0 Å². The minimum absolute atomic E-state index is 0.125. The lowest BCUT2D eigenvalue weighted by molar-refractivity contribution is -0.295. The van der Waals surface area contributed by atoms with Gasteiger partial charge in [0.05, 0.1) is 29.0 Å². The van der Waals surface area contributed by atoms with E-state index in [4.69, 9.17) is 33.3 Å². The first kappa shape index (κ1) is 44.2. The largest absolute Gasteiger partial charge is 0.509 e. The number of oxime groups is 1. The molecular weight excluding hydrogens is 734 g/mol. The SMILES string of the molecule is CC[C@H]1OC(=O)[C@H](C)C(=O)[C@H](C)[C@@H](O[C@@H]2O[C@H](C)C[C@H](N(C)C)[C@H]2O)[C@](C)(OC)C[C@@H](C)/C(=N\OC/C=C/c2ccc3ncccc3c2)[C@H](C)[C@H]2OC(=O)O[C@@]21C. The molecule has 3 aliphatic rings. The van der Waals surface area contributed by atoms with Gasteiger partial charge in [-0.1, -0.05) is 51.1 Å². The Balaban J connectivity index is 1.53. The zero-order valence-electron chi connectivity index (χ0n) is 35.2. The van der Waals surface area contributed by atoms with E-state index in [-0.39, 0.29) is 31.6 Å². The first-order chi connectivity index (χ1) is 26.9. The number of rotatable bonds is 9. The number of nitrogens with zero attached hydrogens (tertiary/aromatic N) is 3. The van der Waals surface area contributed by atoms with E-state index < -0.39 is 83.5 Å². The number of Topliss-reactive ketones (excluding diaryl/α,β-unsaturated/α-hetero) is 1. The number of carbonyl (C=O) groups excluding carboxylic acids is 3. The van der Waals surface area contributed by atoms with Crippen molar-refractivity contribution in [2.75, 3.05) is 27.8 Å². The first-order valence-electron chi connectivity index (χ1n) is 20.0. The third-order valence-electron chi connectivity index (χ3n) is 12.1. The Morgan fingerprint density at radius 2 is 1.79 bits per heavy atom. The van der Waals surface area contributed by atoms with Crippen molar-refractivity contribution in [3.63, 3.8) is 0 Å². The van der Waals surface area contributed by atoms with Crippen molar-refractivity contribution in [2.24, 2.45) is 28.8 Å². The van der Waals surface area contributed by atoms with Gasteiger partial charge in [0.1, 0.15) is 24.7 Å². The highest BCUT2D eigenvalue weighted by atomic mass is 16.8. The molecule has 1 aromatic heterocycles. The van der Waals surface area contributed by atoms with Crippen molar-refractivity contribution >= 4 is 40.6 Å². The Hall–Kier alpha value is -3.95. The lowest BCUT2D eigenvalue weighted by atomic mass is 9.74. The fraction of sp³-hybridized carbons (Fsp3) is 0.651. The average molecular weight is 796 g/mol. The summed E-state index contributed by atoms with van der Waals surface area (Å²) in [4.78, 5) is 53.3. The molecule has 3 fully saturated rings. The molecule has 0 spiro atoms. The van der Waals surface area contributed by atoms with Gasteiger partial charge in [-0.05, 0) is 90.9 Å². The Morgan fingerprint density at radius 3 is 2.47 bits per heavy atom. The average Bonchev–Trinajstić information content (AvgIpc) is 3.50. The minimum Gasteiger partial charge on any atom is -0.457 e. The lowest BCUT2D eigenvalue weighted by Crippen LogP contribution is -2.59. The molecule has 3 aliphatic heterocycles. The zero-order chi connectivity index (χ0) is 41.8. The summed E-state index contributed by atoms with van der Waals surface area (Å²) in [6.07, 6.45) is 0.407. The number of aromatic nitrogens is 1. The number of cyclic esters (lactones) is 1. The third kappa shape index (κ3) is 9.52. The molecule has 13 atom stereocenters. The number of benzene rings is 1. The Morgan fingerprint density at radius 1 is 1.05 bits per heavy atom. The van der Waals surface area contributed by atoms with Gasteiger partial charge in [-0.2, -0.15) is 0 Å². The van der Waals surface area contributed by atoms with Gasteiger partial charge in [-0.3, -0.25) is 14.6 Å². The van der Waals surface area contributed by atoms with E-state index in [0.717, 1.165) is 16.5 Å². The standard InChI is InChI=1S/C43H61N3O11/c1-12-33-43(8)38(56-41(50)57-43)26(4)34(45-52-20-14-15-29-17-18-31-30(22-29)16-13-19-44-31)24(2)23-42(7,51-11)37(27(5)35(47)28(6)39(49)54-33)55-40-36(48)32(46(9)10)21-25(3)53-40/h13-19,22,24-28,32-33,36-38,40,48H,12,20-21,23H2,1-11H3/b15-14+,45-34+/t24-,25-,26+,27+,28-,32+,33-,36-,37-,38-,40+,42-,43-/m1/s1. The number of esters is 1. The molecule has 0 radical (unpaired) electrons. The van der Waals surface area contributed by atoms with Gasteiger partial charge in [0, 0.05) is 42.5 Å². The number of ketones is 1. The summed E-state index contributed by atoms with van der Waals surface area (Å²) in [6.45, 7) is 14.3. The van der Waals surface area contributed by atoms with Gasteiger partial charge in [0.25, 0.3) is 0 Å². The van der Waals surface area contributed by atoms with Gasteiger partial charge >= 0.3 is 12.1 Å². The fourth-order valence-corrected chi connectivity index (χ4v) is 8.77. The highest BCUT2D eigenvalue weighted by Crippen LogP contribution is 2.42. The highest BCUT2D eigenvalue weighted by Gasteiger charge is 2.58. The van der Waals surface area contributed by atoms with Crippen LogP contribution >= 0.6 is 0 Å². The van der Waals surface area contributed by atoms with Gasteiger partial charge < -0.3 is 43.3 Å². The van der Waals surface area contributed by atoms with Crippen LogP contribution in [0, 0.1) is 23.7 Å². The summed E-state index contributed by atoms with van der Waals surface area (Å²) >= 11 is 0. The van der Waals surface area contributed by atoms with E-state index in [1.807, 2.05) is 89.2 Å². The predicted molar refractivity (Wildman–Crippen MR) is 213 cm³/mol. The second-order valence-corrected chi connectivity index (χ2v) is 16.5. The number of aliphatic hydroxyl groups excluding tert-OH is 1. The highest BCUT2D eigenvalue weighted by molar-refractivity contribution is 6.00. The van der Waals surface area contributed by atoms with E-state index >= 15 is 0 Å². The molecule has 14 heteroatoms. The smallest absolute Gasteiger partial charge is 0.457 e. The van der Waals surface area contributed by atoms with Gasteiger partial charge in [0.2, 0.25) is 0 Å². The molecule has 4 heterocycles. The molecule has 1 aromatic carbocycles. The molecule has 0 bridgehead atoms. The molecule has 14 nitrogen and oxygen atoms in total. The zero-order valence-corrected chi connectivity index (χ0v) is 35.2. The van der Waals surface area contributed by atoms with Crippen molar-refractivity contribution in [3.05, 3.63) is 48.2 Å². The summed E-state index contributed by atoms with van der Waals surface area (Å²) in [6, 6.07) is 9.59. The molecule has 1 N–H and O–H groups in total. The molecular formula is C43H61N3O11. The van der Waals surface area contributed by atoms with Crippen LogP contribution in [0.5, 0.6) is 0 Å². The summed E-state index contributed by atoms with van der Waals surface area (Å²) in [5, 5.41) is 17.2. The van der Waals surface area contributed by atoms with Crippen LogP contribution in [0.4, 0.5) is 4.79 Å². The van der Waals surface area contributed by atoms with E-state index in [2.05, 4.69) is 10.1 Å². The van der Waals surface area contributed by atoms with E-state index in [0.29, 0.717) is 12.1 Å². The van der Waals surface area contributed by atoms with E-state index in [1.54, 1.807) is 27.0 Å². The molecule has 314 valence electrons. The van der Waals surface area contributed by atoms with Crippen LogP contribution in [0.3, 0.4) is 0 Å². The van der Waals surface area contributed by atoms with Gasteiger partial charge in [-0.25, -0.2) is 4.79 Å². The first-order valence-corrected chi connectivity index (χ1v) is 20.0. The summed E-state index contributed by atoms with van der Waals surface area (Å²) in [5.74, 6) is -4.40. The van der Waals surface area contributed by atoms with Gasteiger partial charge in [-0.15, -0.1) is 0 Å². The number of pyridine rings is 1. The maximum atomic E-state index is 14.3. The van der Waals surface area contributed by atoms with Crippen LogP contribution in [0.25, 0.3) is 17.0 Å². The predicted octanol–water partition coefficient (Wildman–Crippen LogP) is 5.97. The molecule has 5 rings (SSSR count). The number of methoxy groups -OCH3 is 1. The second-order valence-electron chi connectivity index (χ2n) is 16.5. The van der Waals surface area contributed by atoms with E-state index in [1.165, 1.54) is 14.0 Å². The Bertz CT molecular complexity index is 1800. The number of carbonyl (C=O) groups is 3. The molecule has 0 amide bonds. The number of ether oxygens (including phenoxy) is 6. The number of aliphatic hydroxyl groups is 1. The van der Waals surface area contributed by atoms with Crippen LogP contribution in [0.1, 0.15) is 80.2 Å². The van der Waals surface area contributed by atoms with Crippen LogP contribution in [-0.4, -0.2) is 120 Å². The molecule has 0 aliphatic carbocycles. The molecule has 57 heavy (non-hydrogen) atoms. The van der Waals surface area contributed by atoms with Crippen molar-refractivity contribution in [2.45, 2.75) is 129 Å². The fourth-order valence-electron chi connectivity index (χ4n) is 8.77. The lowest BCUT2D eigenvalue weighted by Gasteiger charge is -2.47. The van der Waals surface area contributed by atoms with Crippen molar-refractivity contribution in [1.82, 2.24) is 9.88 Å². The number of fused-ring (bicyclic) bond motifs is 2. The third-order valence-corrected chi connectivity index (χ3v) is 12.1. The molecule has 0 saturated carbocycles. The van der Waals surface area contributed by atoms with Crippen LogP contribution in [0.15, 0.2) is 47.8 Å². The maximum Gasteiger partial charge on any atom is 0.509 e. The van der Waals surface area contributed by atoms with Crippen LogP contribution in [-0.2, 0) is 42.8 Å². The van der Waals surface area contributed by atoms with Crippen LogP contribution < -0.4 is 0 Å². The number of hydrogen-bond donors (Lipinski definition) is 1. The topological polar surface area (TPSA) is 165 Å². The number of hydrogen-bond acceptors (Lipinski definition) is 14. The van der Waals surface area contributed by atoms with E-state index in [9.17, 15) is 19.5 Å². The quantitative estimate of drug-likeness (QED) is 0.137. The maximum absolute atomic E-state index is 14.3. The normalized spacial score (nSPS) is 37.8. The molecule has 3 saturated heterocycles. The summed E-state index contributed by atoms with van der Waals surface area (Å²) in [7, 11) is 5.30. The Labute approximate surface area is 336 Å². The summed E-state index contributed by atoms with van der Waals surface area (Å²) in [5.41, 5.74) is -0.247. The van der Waals surface area contributed by atoms with Gasteiger partial charge in [0.15, 0.2) is 23.8 Å². The summed E-state index contributed by atoms with van der Waals surface area (Å²) < 4.78 is 36.8. The number of likely N-dealkylation sites (N-methyl/N-ethyl adjacent to an activating group) is 1. The monoisotopic (exact) mass is 795 g/mol. The molecule has 2 aromatic rings. The van der Waals surface area contributed by atoms with Crippen LogP contribution in [0.2, 0.25) is 0 Å². The Kier molecular flexibility index (Phi) is 14.2. The van der Waals surface area contributed by atoms with Crippen molar-refractivity contribution < 1.29 is 52.7 Å². The minimum atomic E-state index is -1.42. The molecule has 0 unspecified atom stereocenters.